The molecule has 2 N–H and O–H groups in total. The highest BCUT2D eigenvalue weighted by Crippen LogP contribution is 2.23. The first-order chi connectivity index (χ1) is 7.06. The van der Waals surface area contributed by atoms with Crippen molar-refractivity contribution in [3.05, 3.63) is 33.8 Å². The molecule has 0 heterocycles. The molecule has 82 valence electrons. The quantitative estimate of drug-likeness (QED) is 0.860. The van der Waals surface area contributed by atoms with E-state index in [0.717, 1.165) is 0 Å². The zero-order valence-electron chi connectivity index (χ0n) is 8.13. The molecular weight excluding hydrogens is 237 g/mol. The Morgan fingerprint density at radius 1 is 1.47 bits per heavy atom. The van der Waals surface area contributed by atoms with Gasteiger partial charge in [0.15, 0.2) is 0 Å². The Hall–Kier alpha value is -0.770. The van der Waals surface area contributed by atoms with Crippen LogP contribution >= 0.6 is 23.2 Å². The summed E-state index contributed by atoms with van der Waals surface area (Å²) in [6, 6.07) is 4.51. The molecule has 0 radical (unpaired) electrons. The number of aliphatic hydroxyl groups excluding tert-OH is 1. The van der Waals surface area contributed by atoms with Crippen LogP contribution in [0, 0.1) is 0 Å². The van der Waals surface area contributed by atoms with Gasteiger partial charge >= 0.3 is 0 Å². The normalized spacial score (nSPS) is 12.3. The smallest absolute Gasteiger partial charge is 0.254 e. The van der Waals surface area contributed by atoms with E-state index in [0.29, 0.717) is 10.0 Å². The molecule has 1 aromatic carbocycles. The largest absolute Gasteiger partial charge is 0.394 e. The number of carbonyl (C=O) groups is 1. The molecule has 0 spiro atoms. The van der Waals surface area contributed by atoms with Crippen molar-refractivity contribution in [1.29, 1.82) is 0 Å². The van der Waals surface area contributed by atoms with E-state index in [1.165, 1.54) is 0 Å². The van der Waals surface area contributed by atoms with Crippen LogP contribution in [0.1, 0.15) is 17.3 Å². The third-order valence-corrected chi connectivity index (χ3v) is 2.47. The van der Waals surface area contributed by atoms with Crippen molar-refractivity contribution in [1.82, 2.24) is 5.32 Å². The lowest BCUT2D eigenvalue weighted by atomic mass is 10.2. The van der Waals surface area contributed by atoms with Gasteiger partial charge in [-0.3, -0.25) is 4.79 Å². The van der Waals surface area contributed by atoms with Gasteiger partial charge in [0.05, 0.1) is 22.2 Å². The summed E-state index contributed by atoms with van der Waals surface area (Å²) in [6.07, 6.45) is 0. The second-order valence-corrected chi connectivity index (χ2v) is 3.97. The predicted molar refractivity (Wildman–Crippen MR) is 60.5 cm³/mol. The standard InChI is InChI=1S/C10H11Cl2NO2/c1-6(5-14)13-10(15)9-7(11)3-2-4-8(9)12/h2-4,6,14H,5H2,1H3,(H,13,15)/t6-/m0/s1. The summed E-state index contributed by atoms with van der Waals surface area (Å²) in [4.78, 5) is 11.7. The van der Waals surface area contributed by atoms with E-state index in [-0.39, 0.29) is 24.1 Å². The molecule has 0 saturated heterocycles. The third-order valence-electron chi connectivity index (χ3n) is 1.84. The van der Waals surface area contributed by atoms with Crippen molar-refractivity contribution < 1.29 is 9.90 Å². The Kier molecular flexibility index (Phi) is 4.39. The molecule has 0 aromatic heterocycles. The minimum atomic E-state index is -0.382. The van der Waals surface area contributed by atoms with Crippen molar-refractivity contribution in [2.75, 3.05) is 6.61 Å². The van der Waals surface area contributed by atoms with Crippen molar-refractivity contribution in [2.45, 2.75) is 13.0 Å². The number of benzene rings is 1. The van der Waals surface area contributed by atoms with Gasteiger partial charge in [-0.1, -0.05) is 29.3 Å². The van der Waals surface area contributed by atoms with Gasteiger partial charge in [0.1, 0.15) is 0 Å². The van der Waals surface area contributed by atoms with Crippen LogP contribution in [0.4, 0.5) is 0 Å². The fourth-order valence-corrected chi connectivity index (χ4v) is 1.63. The first kappa shape index (κ1) is 12.3. The Balaban J connectivity index is 2.91. The van der Waals surface area contributed by atoms with E-state index >= 15 is 0 Å². The number of halogens is 2. The van der Waals surface area contributed by atoms with Crippen LogP contribution in [0.3, 0.4) is 0 Å². The Labute approximate surface area is 98.0 Å². The van der Waals surface area contributed by atoms with Crippen LogP contribution in [-0.2, 0) is 0 Å². The lowest BCUT2D eigenvalue weighted by molar-refractivity contribution is 0.0922. The van der Waals surface area contributed by atoms with Gasteiger partial charge in [-0.25, -0.2) is 0 Å². The number of hydrogen-bond acceptors (Lipinski definition) is 2. The van der Waals surface area contributed by atoms with Crippen LogP contribution < -0.4 is 5.32 Å². The maximum Gasteiger partial charge on any atom is 0.254 e. The van der Waals surface area contributed by atoms with Gasteiger partial charge in [0, 0.05) is 6.04 Å². The Morgan fingerprint density at radius 2 is 2.00 bits per heavy atom. The fourth-order valence-electron chi connectivity index (χ4n) is 1.06. The number of amides is 1. The molecule has 0 unspecified atom stereocenters. The number of hydrogen-bond donors (Lipinski definition) is 2. The first-order valence-corrected chi connectivity index (χ1v) is 5.17. The summed E-state index contributed by atoms with van der Waals surface area (Å²) in [7, 11) is 0. The summed E-state index contributed by atoms with van der Waals surface area (Å²) in [5, 5.41) is 12.0. The van der Waals surface area contributed by atoms with E-state index in [1.807, 2.05) is 0 Å². The molecule has 1 aromatic rings. The van der Waals surface area contributed by atoms with Crippen LogP contribution in [0.2, 0.25) is 10.0 Å². The molecule has 1 amide bonds. The van der Waals surface area contributed by atoms with Gasteiger partial charge < -0.3 is 10.4 Å². The summed E-state index contributed by atoms with van der Waals surface area (Å²) >= 11 is 11.7. The van der Waals surface area contributed by atoms with Crippen molar-refractivity contribution in [3.63, 3.8) is 0 Å². The highest BCUT2D eigenvalue weighted by molar-refractivity contribution is 6.39. The Morgan fingerprint density at radius 3 is 2.47 bits per heavy atom. The molecule has 3 nitrogen and oxygen atoms in total. The van der Waals surface area contributed by atoms with Gasteiger partial charge in [0.2, 0.25) is 0 Å². The number of rotatable bonds is 3. The maximum atomic E-state index is 11.7. The monoisotopic (exact) mass is 247 g/mol. The molecule has 0 fully saturated rings. The maximum absolute atomic E-state index is 11.7. The van der Waals surface area contributed by atoms with E-state index in [9.17, 15) is 4.79 Å². The molecule has 1 rings (SSSR count). The van der Waals surface area contributed by atoms with Crippen LogP contribution in [-0.4, -0.2) is 23.7 Å². The number of nitrogens with one attached hydrogen (secondary N) is 1. The van der Waals surface area contributed by atoms with Crippen LogP contribution in [0.25, 0.3) is 0 Å². The third kappa shape index (κ3) is 3.09. The number of aliphatic hydroxyl groups is 1. The highest BCUT2D eigenvalue weighted by atomic mass is 35.5. The molecule has 0 aliphatic carbocycles. The van der Waals surface area contributed by atoms with Gasteiger partial charge in [-0.05, 0) is 19.1 Å². The summed E-state index contributed by atoms with van der Waals surface area (Å²) < 4.78 is 0. The average molecular weight is 248 g/mol. The summed E-state index contributed by atoms with van der Waals surface area (Å²) in [6.45, 7) is 1.55. The molecule has 0 aliphatic rings. The zero-order chi connectivity index (χ0) is 11.4. The molecule has 0 aliphatic heterocycles. The molecule has 5 heteroatoms. The molecule has 15 heavy (non-hydrogen) atoms. The molecule has 0 bridgehead atoms. The first-order valence-electron chi connectivity index (χ1n) is 4.42. The predicted octanol–water partition coefficient (Wildman–Crippen LogP) is 2.10. The van der Waals surface area contributed by atoms with E-state index in [1.54, 1.807) is 25.1 Å². The van der Waals surface area contributed by atoms with Gasteiger partial charge in [-0.15, -0.1) is 0 Å². The van der Waals surface area contributed by atoms with Gasteiger partial charge in [-0.2, -0.15) is 0 Å². The SMILES string of the molecule is C[C@@H](CO)NC(=O)c1c(Cl)cccc1Cl. The second kappa shape index (κ2) is 5.35. The van der Waals surface area contributed by atoms with E-state index < -0.39 is 0 Å². The van der Waals surface area contributed by atoms with Crippen LogP contribution in [0.15, 0.2) is 18.2 Å². The fraction of sp³-hybridized carbons (Fsp3) is 0.300. The van der Waals surface area contributed by atoms with Crippen LogP contribution in [0.5, 0.6) is 0 Å². The second-order valence-electron chi connectivity index (χ2n) is 3.15. The zero-order valence-corrected chi connectivity index (χ0v) is 9.64. The van der Waals surface area contributed by atoms with Crippen molar-refractivity contribution in [2.24, 2.45) is 0 Å². The molecular formula is C10H11Cl2NO2. The van der Waals surface area contributed by atoms with Crippen molar-refractivity contribution >= 4 is 29.1 Å². The van der Waals surface area contributed by atoms with E-state index in [2.05, 4.69) is 5.32 Å². The topological polar surface area (TPSA) is 49.3 Å². The lowest BCUT2D eigenvalue weighted by Gasteiger charge is -2.12. The highest BCUT2D eigenvalue weighted by Gasteiger charge is 2.15. The molecule has 0 saturated carbocycles. The van der Waals surface area contributed by atoms with Crippen molar-refractivity contribution in [3.8, 4) is 0 Å². The average Bonchev–Trinajstić information content (AvgIpc) is 2.17. The Bertz CT molecular complexity index is 348. The minimum Gasteiger partial charge on any atom is -0.394 e. The summed E-state index contributed by atoms with van der Waals surface area (Å²) in [5.41, 5.74) is 0.237. The van der Waals surface area contributed by atoms with E-state index in [4.69, 9.17) is 28.3 Å². The molecule has 1 atom stereocenters. The number of carbonyl (C=O) groups excluding carboxylic acids is 1. The minimum absolute atomic E-state index is 0.131. The van der Waals surface area contributed by atoms with Gasteiger partial charge in [0.25, 0.3) is 5.91 Å². The lowest BCUT2D eigenvalue weighted by Crippen LogP contribution is -2.35. The summed E-state index contributed by atoms with van der Waals surface area (Å²) in [5.74, 6) is -0.382.